The molecule has 0 radical (unpaired) electrons. The van der Waals surface area contributed by atoms with E-state index in [4.69, 9.17) is 0 Å². The Morgan fingerprint density at radius 3 is 2.00 bits per heavy atom. The topological polar surface area (TPSA) is 25.2 Å². The average Bonchev–Trinajstić information content (AvgIpc) is 3.23. The van der Waals surface area contributed by atoms with Crippen molar-refractivity contribution in [1.29, 1.82) is 0 Å². The maximum Gasteiger partial charge on any atom is 0.179 e. The van der Waals surface area contributed by atoms with Crippen molar-refractivity contribution in [2.75, 3.05) is 0 Å². The minimum atomic E-state index is -1.45. The van der Waals surface area contributed by atoms with Crippen LogP contribution in [-0.4, -0.2) is 9.67 Å². The second-order valence-electron chi connectivity index (χ2n) is 7.87. The molecule has 154 valence electrons. The summed E-state index contributed by atoms with van der Waals surface area (Å²) < 4.78 is 2.19. The van der Waals surface area contributed by atoms with Crippen LogP contribution in [0, 0.1) is 11.8 Å². The molecule has 0 spiro atoms. The van der Waals surface area contributed by atoms with Gasteiger partial charge in [0.25, 0.3) is 0 Å². The number of aliphatic hydroxyl groups is 1. The Morgan fingerprint density at radius 1 is 0.688 bits per heavy atom. The lowest BCUT2D eigenvalue weighted by Crippen LogP contribution is -2.25. The zero-order valence-electron chi connectivity index (χ0n) is 17.6. The van der Waals surface area contributed by atoms with Gasteiger partial charge in [0.15, 0.2) is 5.60 Å². The molecule has 1 N–H and O–H groups in total. The Bertz CT molecular complexity index is 1390. The van der Waals surface area contributed by atoms with Crippen molar-refractivity contribution >= 4 is 10.9 Å². The number of fused-ring (bicyclic) bond motifs is 1. The summed E-state index contributed by atoms with van der Waals surface area (Å²) in [5.41, 5.74) is 3.25. The molecule has 1 aromatic heterocycles. The lowest BCUT2D eigenvalue weighted by Gasteiger charge is -2.23. The first-order valence-electron chi connectivity index (χ1n) is 10.7. The highest BCUT2D eigenvalue weighted by Gasteiger charge is 2.33. The first-order chi connectivity index (χ1) is 15.7. The highest BCUT2D eigenvalue weighted by atomic mass is 16.3. The van der Waals surface area contributed by atoms with Gasteiger partial charge < -0.3 is 9.67 Å². The number of aromatic nitrogens is 1. The molecule has 1 heterocycles. The molecule has 5 rings (SSSR count). The van der Waals surface area contributed by atoms with Crippen molar-refractivity contribution in [2.24, 2.45) is 0 Å². The van der Waals surface area contributed by atoms with Crippen molar-refractivity contribution in [2.45, 2.75) is 12.1 Å². The lowest BCUT2D eigenvalue weighted by molar-refractivity contribution is 0.146. The number of para-hydroxylation sites is 1. The predicted molar refractivity (Wildman–Crippen MR) is 130 cm³/mol. The third-order valence-corrected chi connectivity index (χ3v) is 5.73. The van der Waals surface area contributed by atoms with Crippen LogP contribution in [0.2, 0.25) is 0 Å². The minimum absolute atomic E-state index is 0.721. The van der Waals surface area contributed by atoms with Crippen LogP contribution in [-0.2, 0) is 12.1 Å². The maximum absolute atomic E-state index is 12.1. The Hall–Kier alpha value is -4.06. The molecule has 0 aliphatic carbocycles. The van der Waals surface area contributed by atoms with E-state index in [1.807, 2.05) is 97.2 Å². The van der Waals surface area contributed by atoms with Gasteiger partial charge >= 0.3 is 0 Å². The van der Waals surface area contributed by atoms with E-state index in [0.29, 0.717) is 0 Å². The van der Waals surface area contributed by atoms with Gasteiger partial charge in [0.2, 0.25) is 0 Å². The van der Waals surface area contributed by atoms with Gasteiger partial charge in [-0.1, -0.05) is 109 Å². The van der Waals surface area contributed by atoms with Gasteiger partial charge in [-0.2, -0.15) is 0 Å². The molecule has 0 saturated carbocycles. The van der Waals surface area contributed by atoms with E-state index in [-0.39, 0.29) is 0 Å². The van der Waals surface area contributed by atoms with Gasteiger partial charge in [0.05, 0.1) is 0 Å². The molecule has 1 atom stereocenters. The second-order valence-corrected chi connectivity index (χ2v) is 7.87. The second kappa shape index (κ2) is 8.59. The van der Waals surface area contributed by atoms with Crippen molar-refractivity contribution in [1.82, 2.24) is 4.57 Å². The van der Waals surface area contributed by atoms with Gasteiger partial charge in [-0.25, -0.2) is 0 Å². The van der Waals surface area contributed by atoms with Gasteiger partial charge in [0.1, 0.15) is 0 Å². The van der Waals surface area contributed by atoms with Gasteiger partial charge in [0, 0.05) is 40.3 Å². The molecule has 0 amide bonds. The molecule has 32 heavy (non-hydrogen) atoms. The van der Waals surface area contributed by atoms with E-state index >= 15 is 0 Å². The van der Waals surface area contributed by atoms with Gasteiger partial charge in [-0.3, -0.25) is 0 Å². The summed E-state index contributed by atoms with van der Waals surface area (Å²) >= 11 is 0. The molecule has 0 saturated heterocycles. The van der Waals surface area contributed by atoms with Crippen molar-refractivity contribution < 1.29 is 5.11 Å². The highest BCUT2D eigenvalue weighted by molar-refractivity contribution is 5.86. The predicted octanol–water partition coefficient (Wildman–Crippen LogP) is 5.98. The average molecular weight is 414 g/mol. The van der Waals surface area contributed by atoms with Crippen molar-refractivity contribution in [3.05, 3.63) is 144 Å². The largest absolute Gasteiger partial charge is 0.369 e. The summed E-state index contributed by atoms with van der Waals surface area (Å²) in [4.78, 5) is 0. The monoisotopic (exact) mass is 413 g/mol. The number of hydrogen-bond donors (Lipinski definition) is 1. The smallest absolute Gasteiger partial charge is 0.179 e. The number of hydrogen-bond acceptors (Lipinski definition) is 1. The van der Waals surface area contributed by atoms with Crippen LogP contribution in [0.4, 0.5) is 0 Å². The number of rotatable bonds is 4. The summed E-state index contributed by atoms with van der Waals surface area (Å²) in [6, 6.07) is 38.0. The lowest BCUT2D eigenvalue weighted by atomic mass is 9.86. The molecule has 0 aliphatic rings. The zero-order valence-corrected chi connectivity index (χ0v) is 17.6. The summed E-state index contributed by atoms with van der Waals surface area (Å²) in [7, 11) is 0. The van der Waals surface area contributed by atoms with Crippen LogP contribution in [0.5, 0.6) is 0 Å². The van der Waals surface area contributed by atoms with E-state index in [1.165, 1.54) is 5.56 Å². The molecule has 0 bridgehead atoms. The Labute approximate surface area is 188 Å². The van der Waals surface area contributed by atoms with E-state index in [0.717, 1.165) is 34.1 Å². The zero-order chi connectivity index (χ0) is 21.8. The molecule has 1 unspecified atom stereocenters. The van der Waals surface area contributed by atoms with Crippen LogP contribution in [0.3, 0.4) is 0 Å². The van der Waals surface area contributed by atoms with Crippen LogP contribution in [0.1, 0.15) is 22.3 Å². The summed E-state index contributed by atoms with van der Waals surface area (Å²) in [6.45, 7) is 0.721. The van der Waals surface area contributed by atoms with Crippen LogP contribution in [0.15, 0.2) is 121 Å². The van der Waals surface area contributed by atoms with Gasteiger partial charge in [-0.15, -0.1) is 0 Å². The highest BCUT2D eigenvalue weighted by Crippen LogP contribution is 2.36. The fourth-order valence-corrected chi connectivity index (χ4v) is 4.10. The maximum atomic E-state index is 12.1. The molecule has 2 heteroatoms. The molecule has 4 aromatic carbocycles. The molecular formula is C30H23NO. The third-order valence-electron chi connectivity index (χ3n) is 5.73. The fourth-order valence-electron chi connectivity index (χ4n) is 4.10. The molecular weight excluding hydrogens is 390 g/mol. The SMILES string of the molecule is OC(C#Cc1ccccc1)(c1ccccc1)c1cn(Cc2ccccc2)c2ccccc12. The molecule has 5 aromatic rings. The first kappa shape index (κ1) is 19.9. The van der Waals surface area contributed by atoms with Gasteiger partial charge in [-0.05, 0) is 23.8 Å². The molecule has 0 fully saturated rings. The van der Waals surface area contributed by atoms with Crippen LogP contribution < -0.4 is 0 Å². The third kappa shape index (κ3) is 3.83. The fraction of sp³-hybridized carbons (Fsp3) is 0.0667. The Balaban J connectivity index is 1.70. The van der Waals surface area contributed by atoms with E-state index in [2.05, 4.69) is 40.7 Å². The van der Waals surface area contributed by atoms with Crippen LogP contribution >= 0.6 is 0 Å². The van der Waals surface area contributed by atoms with Crippen molar-refractivity contribution in [3.63, 3.8) is 0 Å². The number of benzene rings is 4. The summed E-state index contributed by atoms with van der Waals surface area (Å²) in [5, 5.41) is 13.1. The Kier molecular flexibility index (Phi) is 5.34. The first-order valence-corrected chi connectivity index (χ1v) is 10.7. The summed E-state index contributed by atoms with van der Waals surface area (Å²) in [6.07, 6.45) is 2.05. The molecule has 2 nitrogen and oxygen atoms in total. The number of nitrogens with zero attached hydrogens (tertiary/aromatic N) is 1. The summed E-state index contributed by atoms with van der Waals surface area (Å²) in [5.74, 6) is 6.40. The molecule has 0 aliphatic heterocycles. The van der Waals surface area contributed by atoms with E-state index in [1.54, 1.807) is 0 Å². The normalized spacial score (nSPS) is 12.7. The van der Waals surface area contributed by atoms with Crippen molar-refractivity contribution in [3.8, 4) is 11.8 Å². The van der Waals surface area contributed by atoms with E-state index < -0.39 is 5.60 Å². The van der Waals surface area contributed by atoms with E-state index in [9.17, 15) is 5.11 Å². The quantitative estimate of drug-likeness (QED) is 0.360. The Morgan fingerprint density at radius 2 is 1.28 bits per heavy atom. The van der Waals surface area contributed by atoms with Crippen LogP contribution in [0.25, 0.3) is 10.9 Å². The standard InChI is InChI=1S/C30H23NO/c32-30(26-16-8-3-9-17-26,21-20-24-12-4-1-5-13-24)28-23-31(22-25-14-6-2-7-15-25)29-19-11-10-18-27(28)29/h1-19,23,32H,22H2. The minimum Gasteiger partial charge on any atom is -0.369 e.